The maximum atomic E-state index is 16.7. The molecule has 44 heavy (non-hydrogen) atoms. The number of carbonyl (C=O) groups is 1. The summed E-state index contributed by atoms with van der Waals surface area (Å²) in [6, 6.07) is 1.92. The van der Waals surface area contributed by atoms with Gasteiger partial charge >= 0.3 is 12.1 Å². The summed E-state index contributed by atoms with van der Waals surface area (Å²) in [5, 5.41) is 23.7. The predicted molar refractivity (Wildman–Crippen MR) is 159 cm³/mol. The summed E-state index contributed by atoms with van der Waals surface area (Å²) in [7, 11) is 2.00. The number of nitrogens with zero attached hydrogens (tertiary/aromatic N) is 5. The van der Waals surface area contributed by atoms with E-state index in [1.807, 2.05) is 20.0 Å². The topological polar surface area (TPSA) is 143 Å². The second kappa shape index (κ2) is 11.1. The predicted octanol–water partition coefficient (Wildman–Crippen LogP) is 6.00. The number of rotatable bonds is 5. The van der Waals surface area contributed by atoms with E-state index in [0.717, 1.165) is 36.9 Å². The zero-order valence-electron chi connectivity index (χ0n) is 24.7. The Balaban J connectivity index is 1.52. The molecule has 0 unspecified atom stereocenters. The number of likely N-dealkylation sites (N-methyl/N-ethyl adjacent to an activating group) is 1. The van der Waals surface area contributed by atoms with E-state index < -0.39 is 29.2 Å². The minimum Gasteiger partial charge on any atom is -0.493 e. The van der Waals surface area contributed by atoms with Crippen molar-refractivity contribution in [2.75, 3.05) is 18.9 Å². The van der Waals surface area contributed by atoms with Crippen molar-refractivity contribution in [3.8, 4) is 29.2 Å². The third-order valence-electron chi connectivity index (χ3n) is 7.80. The number of fused-ring (bicyclic) bond motifs is 4. The Kier molecular flexibility index (Phi) is 7.51. The van der Waals surface area contributed by atoms with Gasteiger partial charge in [-0.25, -0.2) is 13.6 Å². The van der Waals surface area contributed by atoms with E-state index in [9.17, 15) is 15.2 Å². The summed E-state index contributed by atoms with van der Waals surface area (Å²) in [5.41, 5.74) is -0.422. The molecule has 0 bridgehead atoms. The lowest BCUT2D eigenvalue weighted by Gasteiger charge is -2.26. The summed E-state index contributed by atoms with van der Waals surface area (Å²) < 4.78 is 48.8. The van der Waals surface area contributed by atoms with Gasteiger partial charge in [-0.05, 0) is 65.3 Å². The summed E-state index contributed by atoms with van der Waals surface area (Å²) >= 11 is 0.812. The van der Waals surface area contributed by atoms with E-state index in [1.165, 1.54) is 0 Å². The molecule has 0 saturated carbocycles. The molecule has 14 heteroatoms. The number of hydrogen-bond donors (Lipinski definition) is 2. The summed E-state index contributed by atoms with van der Waals surface area (Å²) in [6.07, 6.45) is 1.70. The molecule has 0 aliphatic carbocycles. The number of likely N-dealkylation sites (tertiary alicyclic amines) is 1. The van der Waals surface area contributed by atoms with Crippen LogP contribution in [0.15, 0.2) is 6.20 Å². The first kappa shape index (κ1) is 29.9. The van der Waals surface area contributed by atoms with E-state index in [-0.39, 0.29) is 74.2 Å². The van der Waals surface area contributed by atoms with E-state index >= 15 is 8.78 Å². The quantitative estimate of drug-likeness (QED) is 0.271. The Hall–Kier alpha value is -4.19. The van der Waals surface area contributed by atoms with Gasteiger partial charge in [0.15, 0.2) is 11.6 Å². The van der Waals surface area contributed by atoms with Crippen molar-refractivity contribution < 1.29 is 32.9 Å². The lowest BCUT2D eigenvalue weighted by Crippen LogP contribution is -2.38. The van der Waals surface area contributed by atoms with Crippen molar-refractivity contribution in [2.24, 2.45) is 0 Å². The number of aromatic hydroxyl groups is 1. The molecule has 0 spiro atoms. The molecule has 2 aliphatic rings. The van der Waals surface area contributed by atoms with Crippen LogP contribution in [-0.2, 0) is 22.7 Å². The Morgan fingerprint density at radius 1 is 1.27 bits per heavy atom. The smallest absolute Gasteiger partial charge is 0.412 e. The fourth-order valence-electron chi connectivity index (χ4n) is 5.92. The van der Waals surface area contributed by atoms with Crippen LogP contribution in [0.1, 0.15) is 57.2 Å². The molecule has 3 aromatic heterocycles. The van der Waals surface area contributed by atoms with Crippen molar-refractivity contribution in [1.82, 2.24) is 19.9 Å². The van der Waals surface area contributed by atoms with Crippen molar-refractivity contribution in [3.63, 3.8) is 0 Å². The minimum atomic E-state index is -0.866. The average molecular weight is 625 g/mol. The lowest BCUT2D eigenvalue weighted by molar-refractivity contribution is 0.0636. The fraction of sp³-hybridized carbons (Fsp3) is 0.433. The summed E-state index contributed by atoms with van der Waals surface area (Å²) in [4.78, 5) is 27.4. The number of hydrogen-bond acceptors (Lipinski definition) is 11. The van der Waals surface area contributed by atoms with Gasteiger partial charge in [0.25, 0.3) is 0 Å². The van der Waals surface area contributed by atoms with Crippen LogP contribution in [0, 0.1) is 23.0 Å². The van der Waals surface area contributed by atoms with Gasteiger partial charge < -0.3 is 19.3 Å². The van der Waals surface area contributed by atoms with Gasteiger partial charge in [0.1, 0.15) is 28.3 Å². The number of halogens is 2. The number of benzene rings is 1. The first-order valence-corrected chi connectivity index (χ1v) is 14.9. The van der Waals surface area contributed by atoms with E-state index in [4.69, 9.17) is 14.2 Å². The maximum Gasteiger partial charge on any atom is 0.412 e. The highest BCUT2D eigenvalue weighted by atomic mass is 32.1. The molecule has 1 saturated heterocycles. The monoisotopic (exact) mass is 624 g/mol. The number of aromatic nitrogens is 3. The van der Waals surface area contributed by atoms with Gasteiger partial charge in [-0.2, -0.15) is 15.2 Å². The van der Waals surface area contributed by atoms with Crippen molar-refractivity contribution in [2.45, 2.75) is 71.5 Å². The average Bonchev–Trinajstić information content (AvgIpc) is 3.67. The Morgan fingerprint density at radius 3 is 2.70 bits per heavy atom. The third-order valence-corrected chi connectivity index (χ3v) is 8.91. The Bertz CT molecular complexity index is 1870. The first-order valence-electron chi connectivity index (χ1n) is 14.1. The number of pyridine rings is 1. The van der Waals surface area contributed by atoms with E-state index in [0.29, 0.717) is 11.1 Å². The molecule has 0 radical (unpaired) electrons. The summed E-state index contributed by atoms with van der Waals surface area (Å²) in [5.74, 6) is -2.08. The van der Waals surface area contributed by atoms with E-state index in [1.54, 1.807) is 20.8 Å². The van der Waals surface area contributed by atoms with Crippen LogP contribution in [0.5, 0.6) is 11.9 Å². The number of carbonyl (C=O) groups excluding carboxylic acids is 1. The van der Waals surface area contributed by atoms with Crippen LogP contribution in [-0.4, -0.2) is 62.4 Å². The molecule has 6 rings (SSSR count). The lowest BCUT2D eigenvalue weighted by atomic mass is 9.93. The van der Waals surface area contributed by atoms with Crippen LogP contribution >= 0.6 is 11.3 Å². The van der Waals surface area contributed by atoms with Crippen LogP contribution in [0.4, 0.5) is 18.6 Å². The molecule has 1 fully saturated rings. The summed E-state index contributed by atoms with van der Waals surface area (Å²) in [6.45, 7) is 7.84. The Morgan fingerprint density at radius 2 is 2.02 bits per heavy atom. The molecule has 230 valence electrons. The molecule has 1 aromatic carbocycles. The molecular formula is C30H30F2N6O5S. The number of nitriles is 1. The van der Waals surface area contributed by atoms with E-state index in [2.05, 4.69) is 25.2 Å². The van der Waals surface area contributed by atoms with Gasteiger partial charge in [-0.3, -0.25) is 15.2 Å². The molecule has 5 heterocycles. The number of thiophene rings is 1. The largest absolute Gasteiger partial charge is 0.493 e. The highest BCUT2D eigenvalue weighted by Gasteiger charge is 2.33. The molecule has 4 aromatic rings. The molecule has 2 N–H and O–H groups in total. The Labute approximate surface area is 255 Å². The third kappa shape index (κ3) is 5.14. The van der Waals surface area contributed by atoms with Gasteiger partial charge in [0.2, 0.25) is 5.88 Å². The number of amides is 1. The molecule has 1 amide bonds. The van der Waals surface area contributed by atoms with Crippen molar-refractivity contribution >= 4 is 43.4 Å². The SMILES string of the molecule is C[C@H](Oc1nc(O)c2c3c(c(-c4ncc(F)c5sc(NC(=O)OC(C)(C)C)c(C#N)c45)c(F)c2n1)COC3)[C@@H]1CCCN1C. The van der Waals surface area contributed by atoms with Gasteiger partial charge in [0, 0.05) is 17.0 Å². The second-order valence-electron chi connectivity index (χ2n) is 11.9. The number of anilines is 1. The van der Waals surface area contributed by atoms with Crippen molar-refractivity contribution in [3.05, 3.63) is 34.5 Å². The number of nitrogens with one attached hydrogen (secondary N) is 1. The highest BCUT2D eigenvalue weighted by molar-refractivity contribution is 7.23. The standard InChI is InChI=1S/C30H30F2N6O5S/c1-13(18-7-6-8-38(18)5)42-28-35-24-21(26(39)36-28)16-12-41-11-15(16)19(22(24)32)23-20-14(9-33)27(37-29(40)43-30(2,3)4)44-25(20)17(31)10-34-23/h10,13,18H,6-8,11-12H2,1-5H3,(H,37,40)(H,35,36,39)/t13-,18-/m0/s1. The maximum absolute atomic E-state index is 16.7. The zero-order valence-corrected chi connectivity index (χ0v) is 25.6. The number of ether oxygens (including phenoxy) is 3. The molecule has 2 atom stereocenters. The molecular weight excluding hydrogens is 594 g/mol. The second-order valence-corrected chi connectivity index (χ2v) is 12.9. The first-order chi connectivity index (χ1) is 20.9. The van der Waals surface area contributed by atoms with Gasteiger partial charge in [0.05, 0.1) is 40.8 Å². The fourth-order valence-corrected chi connectivity index (χ4v) is 6.96. The molecule has 11 nitrogen and oxygen atoms in total. The van der Waals surface area contributed by atoms with Gasteiger partial charge in [-0.15, -0.1) is 11.3 Å². The van der Waals surface area contributed by atoms with Crippen LogP contribution < -0.4 is 10.1 Å². The minimum absolute atomic E-state index is 0.00571. The van der Waals surface area contributed by atoms with Gasteiger partial charge in [-0.1, -0.05) is 0 Å². The van der Waals surface area contributed by atoms with Crippen molar-refractivity contribution in [1.29, 1.82) is 5.26 Å². The zero-order chi connectivity index (χ0) is 31.5. The van der Waals surface area contributed by atoms with Crippen LogP contribution in [0.3, 0.4) is 0 Å². The normalized spacial score (nSPS) is 17.5. The molecule has 2 aliphatic heterocycles. The van der Waals surface area contributed by atoms with Crippen LogP contribution in [0.25, 0.3) is 32.2 Å². The highest BCUT2D eigenvalue weighted by Crippen LogP contribution is 2.47. The van der Waals surface area contributed by atoms with Crippen LogP contribution in [0.2, 0.25) is 0 Å².